The lowest BCUT2D eigenvalue weighted by molar-refractivity contribution is 0.609. The second-order valence-electron chi connectivity index (χ2n) is 2.20. The molecule has 0 unspecified atom stereocenters. The molecule has 0 fully saturated rings. The molecule has 1 aromatic rings. The van der Waals surface area contributed by atoms with Crippen LogP contribution in [-0.4, -0.2) is 27.2 Å². The molecule has 3 heteroatoms. The summed E-state index contributed by atoms with van der Waals surface area (Å²) in [6.45, 7) is 1.63. The molecular formula is C8H8AlO2+. The molecular weight excluding hydrogens is 155 g/mol. The molecule has 54 valence electrons. The number of para-hydroxylation sites is 1. The summed E-state index contributed by atoms with van der Waals surface area (Å²) in [6, 6.07) is 7.30. The molecule has 0 bridgehead atoms. The lowest BCUT2D eigenvalue weighted by Crippen LogP contribution is -1.98. The molecule has 0 saturated carbocycles. The van der Waals surface area contributed by atoms with Gasteiger partial charge in [0.2, 0.25) is 0 Å². The first-order valence-electron chi connectivity index (χ1n) is 3.24. The van der Waals surface area contributed by atoms with Gasteiger partial charge in [-0.15, -0.1) is 0 Å². The fourth-order valence-corrected chi connectivity index (χ4v) is 1.07. The van der Waals surface area contributed by atoms with Crippen LogP contribution in [0, 0.1) is 0 Å². The van der Waals surface area contributed by atoms with Gasteiger partial charge in [-0.1, -0.05) is 12.1 Å². The van der Waals surface area contributed by atoms with Gasteiger partial charge in [-0.05, 0) is 12.1 Å². The van der Waals surface area contributed by atoms with Crippen LogP contribution in [0.25, 0.3) is 0 Å². The van der Waals surface area contributed by atoms with E-state index in [2.05, 4.69) is 16.6 Å². The summed E-state index contributed by atoms with van der Waals surface area (Å²) < 4.78 is 4.94. The molecule has 0 amide bonds. The van der Waals surface area contributed by atoms with Crippen LogP contribution >= 0.6 is 0 Å². The third kappa shape index (κ3) is 1.83. The van der Waals surface area contributed by atoms with Gasteiger partial charge in [-0.25, -0.2) is 0 Å². The number of hydrogen-bond donors (Lipinski definition) is 0. The molecule has 0 atom stereocenters. The summed E-state index contributed by atoms with van der Waals surface area (Å²) in [6.07, 6.45) is 0. The molecule has 0 aliphatic carbocycles. The number of hydrogen-bond acceptors (Lipinski definition) is 1. The minimum Gasteiger partial charge on any atom is -0.653 e. The zero-order chi connectivity index (χ0) is 8.27. The van der Waals surface area contributed by atoms with E-state index in [9.17, 15) is 0 Å². The van der Waals surface area contributed by atoms with Crippen LogP contribution in [0.5, 0.6) is 5.75 Å². The predicted octanol–water partition coefficient (Wildman–Crippen LogP) is 1.06. The van der Waals surface area contributed by atoms with E-state index < -0.39 is 0 Å². The summed E-state index contributed by atoms with van der Waals surface area (Å²) in [4.78, 5) is 9.16. The average molecular weight is 163 g/mol. The minimum absolute atomic E-state index is 0.267. The van der Waals surface area contributed by atoms with Gasteiger partial charge in [-0.2, -0.15) is 0 Å². The van der Waals surface area contributed by atoms with Gasteiger partial charge in [0, 0.05) is 0 Å². The van der Waals surface area contributed by atoms with Crippen molar-refractivity contribution in [1.29, 1.82) is 0 Å². The number of carbonyl (C=O) groups excluding carboxylic acids is 1. The lowest BCUT2D eigenvalue weighted by atomic mass is 10.1. The smallest absolute Gasteiger partial charge is 0.482 e. The maximum absolute atomic E-state index is 9.16. The standard InChI is InChI=1S/C8H8O2.Al/c1-6(9)7-4-2-3-5-8(7)10;/h2-5,10H,1H3;/q;+1. The molecule has 2 nitrogen and oxygen atoms in total. The van der Waals surface area contributed by atoms with Crippen molar-refractivity contribution >= 4 is 22.4 Å². The SMILES string of the molecule is CC(=[OH+])c1ccccc1[O][Al]. The predicted molar refractivity (Wildman–Crippen MR) is 44.5 cm³/mol. The maximum atomic E-state index is 9.16. The average Bonchev–Trinajstić information content (AvgIpc) is 2.04. The molecule has 2 radical (unpaired) electrons. The van der Waals surface area contributed by atoms with Crippen LogP contribution < -0.4 is 3.79 Å². The Kier molecular flexibility index (Phi) is 2.70. The molecule has 0 aliphatic rings. The van der Waals surface area contributed by atoms with E-state index in [1.54, 1.807) is 19.1 Å². The Morgan fingerprint density at radius 3 is 2.55 bits per heavy atom. The lowest BCUT2D eigenvalue weighted by Gasteiger charge is -2.03. The van der Waals surface area contributed by atoms with Gasteiger partial charge in [0.15, 0.2) is 0 Å². The van der Waals surface area contributed by atoms with Crippen LogP contribution in [0.2, 0.25) is 0 Å². The Bertz CT molecular complexity index is 271. The fourth-order valence-electron chi connectivity index (χ4n) is 0.868. The topological polar surface area (TPSA) is 30.6 Å². The van der Waals surface area contributed by atoms with Crippen LogP contribution in [-0.2, 0) is 0 Å². The van der Waals surface area contributed by atoms with Gasteiger partial charge < -0.3 is 3.79 Å². The molecule has 11 heavy (non-hydrogen) atoms. The molecule has 0 spiro atoms. The summed E-state index contributed by atoms with van der Waals surface area (Å²) in [5, 5.41) is 0. The molecule has 1 N–H and O–H groups in total. The molecule has 0 heterocycles. The first-order chi connectivity index (χ1) is 5.25. The van der Waals surface area contributed by atoms with Crippen LogP contribution in [0.3, 0.4) is 0 Å². The zero-order valence-corrected chi connectivity index (χ0v) is 7.40. The van der Waals surface area contributed by atoms with Crippen LogP contribution in [0.1, 0.15) is 12.5 Å². The number of benzene rings is 1. The Morgan fingerprint density at radius 1 is 1.45 bits per heavy atom. The van der Waals surface area contributed by atoms with E-state index in [1.165, 1.54) is 0 Å². The second kappa shape index (κ2) is 3.57. The van der Waals surface area contributed by atoms with E-state index in [0.717, 1.165) is 5.56 Å². The maximum Gasteiger partial charge on any atom is 0.482 e. The van der Waals surface area contributed by atoms with Crippen molar-refractivity contribution in [2.24, 2.45) is 0 Å². The van der Waals surface area contributed by atoms with E-state index >= 15 is 0 Å². The highest BCUT2D eigenvalue weighted by molar-refractivity contribution is 6.03. The largest absolute Gasteiger partial charge is 0.653 e. The Hall–Kier alpha value is -0.778. The van der Waals surface area contributed by atoms with Crippen molar-refractivity contribution in [2.45, 2.75) is 6.92 Å². The zero-order valence-electron chi connectivity index (χ0n) is 6.24. The van der Waals surface area contributed by atoms with Crippen molar-refractivity contribution < 1.29 is 8.58 Å². The molecule has 0 aromatic heterocycles. The van der Waals surface area contributed by atoms with E-state index in [-0.39, 0.29) is 5.78 Å². The third-order valence-electron chi connectivity index (χ3n) is 1.40. The van der Waals surface area contributed by atoms with Gasteiger partial charge in [-0.3, -0.25) is 4.79 Å². The number of rotatable bonds is 2. The Morgan fingerprint density at radius 2 is 2.09 bits per heavy atom. The summed E-state index contributed by atoms with van der Waals surface area (Å²) in [7, 11) is 0. The van der Waals surface area contributed by atoms with Gasteiger partial charge in [0.25, 0.3) is 0 Å². The summed E-state index contributed by atoms with van der Waals surface area (Å²) in [5.41, 5.74) is 0.725. The summed E-state index contributed by atoms with van der Waals surface area (Å²) >= 11 is 2.15. The van der Waals surface area contributed by atoms with Crippen LogP contribution in [0.4, 0.5) is 0 Å². The van der Waals surface area contributed by atoms with Crippen molar-refractivity contribution in [3.05, 3.63) is 29.8 Å². The fraction of sp³-hybridized carbons (Fsp3) is 0.125. The second-order valence-corrected chi connectivity index (χ2v) is 2.44. The van der Waals surface area contributed by atoms with E-state index in [4.69, 9.17) is 8.58 Å². The van der Waals surface area contributed by atoms with E-state index in [0.29, 0.717) is 5.75 Å². The van der Waals surface area contributed by atoms with E-state index in [1.807, 2.05) is 12.1 Å². The van der Waals surface area contributed by atoms with Crippen molar-refractivity contribution in [3.63, 3.8) is 0 Å². The van der Waals surface area contributed by atoms with Gasteiger partial charge in [0.1, 0.15) is 5.56 Å². The van der Waals surface area contributed by atoms with Crippen LogP contribution in [0.15, 0.2) is 24.3 Å². The van der Waals surface area contributed by atoms with Crippen molar-refractivity contribution in [3.8, 4) is 5.75 Å². The third-order valence-corrected chi connectivity index (χ3v) is 1.66. The molecule has 0 saturated heterocycles. The highest BCUT2D eigenvalue weighted by Gasteiger charge is 2.09. The molecule has 1 aromatic carbocycles. The monoisotopic (exact) mass is 163 g/mol. The van der Waals surface area contributed by atoms with Gasteiger partial charge >= 0.3 is 22.4 Å². The first-order valence-corrected chi connectivity index (χ1v) is 3.71. The van der Waals surface area contributed by atoms with Crippen molar-refractivity contribution in [2.75, 3.05) is 0 Å². The summed E-state index contributed by atoms with van der Waals surface area (Å²) in [5.74, 6) is 0.931. The Labute approximate surface area is 73.9 Å². The molecule has 0 aliphatic heterocycles. The Balaban J connectivity index is 3.12. The minimum atomic E-state index is 0.267. The number of ketones is 1. The van der Waals surface area contributed by atoms with Gasteiger partial charge in [0.05, 0.1) is 12.7 Å². The highest BCUT2D eigenvalue weighted by atomic mass is 27.1. The normalized spacial score (nSPS) is 9.18. The highest BCUT2D eigenvalue weighted by Crippen LogP contribution is 2.16. The first kappa shape index (κ1) is 8.32. The van der Waals surface area contributed by atoms with Crippen molar-refractivity contribution in [1.82, 2.24) is 0 Å². The quantitative estimate of drug-likeness (QED) is 0.364. The molecule has 1 rings (SSSR count).